The third-order valence-corrected chi connectivity index (χ3v) is 3.88. The highest BCUT2D eigenvalue weighted by atomic mass is 35.5. The Morgan fingerprint density at radius 1 is 1.26 bits per heavy atom. The van der Waals surface area contributed by atoms with Crippen molar-refractivity contribution in [3.63, 3.8) is 0 Å². The number of benzene rings is 2. The molecule has 0 saturated carbocycles. The number of hydrogen-bond acceptors (Lipinski definition) is 3. The Balaban J connectivity index is 1.80. The number of halogens is 2. The first-order valence-corrected chi connectivity index (χ1v) is 7.48. The second kappa shape index (κ2) is 6.27. The van der Waals surface area contributed by atoms with Crippen LogP contribution in [0.25, 0.3) is 0 Å². The van der Waals surface area contributed by atoms with E-state index in [4.69, 9.17) is 16.9 Å². The topological polar surface area (TPSA) is 64.9 Å². The predicted octanol–water partition coefficient (Wildman–Crippen LogP) is 3.85. The number of amides is 1. The molecule has 0 atom stereocenters. The van der Waals surface area contributed by atoms with Crippen LogP contribution in [-0.2, 0) is 17.8 Å². The normalized spacial score (nSPS) is 13.0. The van der Waals surface area contributed by atoms with Crippen LogP contribution < -0.4 is 10.6 Å². The van der Waals surface area contributed by atoms with E-state index in [-0.39, 0.29) is 5.91 Å². The molecule has 0 unspecified atom stereocenters. The number of fused-ring (bicyclic) bond motifs is 1. The average Bonchev–Trinajstić information content (AvgIpc) is 2.52. The largest absolute Gasteiger partial charge is 0.379 e. The zero-order chi connectivity index (χ0) is 16.4. The maximum Gasteiger partial charge on any atom is 0.224 e. The SMILES string of the molecule is N#Cc1cc(Cl)cc(CNc2cc3c(cc2F)NC(=O)CC3)c1. The average molecular weight is 330 g/mol. The molecule has 0 aromatic heterocycles. The highest BCUT2D eigenvalue weighted by molar-refractivity contribution is 6.30. The third kappa shape index (κ3) is 3.43. The molecule has 23 heavy (non-hydrogen) atoms. The van der Waals surface area contributed by atoms with Crippen molar-refractivity contribution in [3.05, 3.63) is 57.9 Å². The van der Waals surface area contributed by atoms with Gasteiger partial charge in [-0.1, -0.05) is 11.6 Å². The van der Waals surface area contributed by atoms with Crippen LogP contribution in [-0.4, -0.2) is 5.91 Å². The van der Waals surface area contributed by atoms with Crippen LogP contribution in [0.1, 0.15) is 23.1 Å². The summed E-state index contributed by atoms with van der Waals surface area (Å²) in [6, 6.07) is 10.1. The van der Waals surface area contributed by atoms with Crippen LogP contribution in [0.15, 0.2) is 30.3 Å². The van der Waals surface area contributed by atoms with E-state index in [0.717, 1.165) is 11.1 Å². The number of aryl methyl sites for hydroxylation is 1. The van der Waals surface area contributed by atoms with Gasteiger partial charge in [0.05, 0.1) is 17.3 Å². The fourth-order valence-electron chi connectivity index (χ4n) is 2.55. The summed E-state index contributed by atoms with van der Waals surface area (Å²) in [6.07, 6.45) is 0.990. The molecule has 1 heterocycles. The molecule has 2 N–H and O–H groups in total. The smallest absolute Gasteiger partial charge is 0.224 e. The molecule has 116 valence electrons. The van der Waals surface area contributed by atoms with Crippen LogP contribution in [0.4, 0.5) is 15.8 Å². The van der Waals surface area contributed by atoms with E-state index in [2.05, 4.69) is 10.6 Å². The van der Waals surface area contributed by atoms with E-state index >= 15 is 0 Å². The Kier molecular flexibility index (Phi) is 4.18. The highest BCUT2D eigenvalue weighted by Gasteiger charge is 2.17. The Morgan fingerprint density at radius 2 is 2.09 bits per heavy atom. The quantitative estimate of drug-likeness (QED) is 0.899. The molecule has 0 spiro atoms. The zero-order valence-corrected chi connectivity index (χ0v) is 12.9. The molecule has 0 fully saturated rings. The fraction of sp³-hybridized carbons (Fsp3) is 0.176. The molecule has 1 aliphatic heterocycles. The summed E-state index contributed by atoms with van der Waals surface area (Å²) in [5.74, 6) is -0.533. The van der Waals surface area contributed by atoms with Gasteiger partial charge in [0.1, 0.15) is 5.82 Å². The van der Waals surface area contributed by atoms with Crippen molar-refractivity contribution in [1.82, 2.24) is 0 Å². The molecule has 1 amide bonds. The molecule has 0 aliphatic carbocycles. The van der Waals surface area contributed by atoms with Gasteiger partial charge in [-0.3, -0.25) is 4.79 Å². The lowest BCUT2D eigenvalue weighted by molar-refractivity contribution is -0.116. The summed E-state index contributed by atoms with van der Waals surface area (Å²) in [5.41, 5.74) is 3.04. The monoisotopic (exact) mass is 329 g/mol. The Hall–Kier alpha value is -2.58. The zero-order valence-electron chi connectivity index (χ0n) is 12.1. The van der Waals surface area contributed by atoms with E-state index in [1.165, 1.54) is 6.07 Å². The van der Waals surface area contributed by atoms with Gasteiger partial charge in [-0.2, -0.15) is 5.26 Å². The molecular formula is C17H13ClFN3O. The number of nitrogens with one attached hydrogen (secondary N) is 2. The molecule has 2 aromatic rings. The summed E-state index contributed by atoms with van der Waals surface area (Å²) in [4.78, 5) is 11.3. The van der Waals surface area contributed by atoms with Gasteiger partial charge in [0.2, 0.25) is 5.91 Å². The Labute approximate surface area is 137 Å². The van der Waals surface area contributed by atoms with E-state index in [1.54, 1.807) is 24.3 Å². The number of anilines is 2. The van der Waals surface area contributed by atoms with E-state index in [1.807, 2.05) is 6.07 Å². The summed E-state index contributed by atoms with van der Waals surface area (Å²) in [5, 5.41) is 15.1. The number of rotatable bonds is 3. The van der Waals surface area contributed by atoms with Crippen LogP contribution in [0.3, 0.4) is 0 Å². The fourth-order valence-corrected chi connectivity index (χ4v) is 2.81. The van der Waals surface area contributed by atoms with Crippen molar-refractivity contribution >= 4 is 28.9 Å². The van der Waals surface area contributed by atoms with Crippen LogP contribution in [0.2, 0.25) is 5.02 Å². The van der Waals surface area contributed by atoms with E-state index < -0.39 is 5.82 Å². The number of carbonyl (C=O) groups excluding carboxylic acids is 1. The standard InChI is InChI=1S/C17H13ClFN3O/c18-13-4-10(8-20)3-11(5-13)9-21-16-6-12-1-2-17(23)22-15(12)7-14(16)19/h3-7,21H,1-2,9H2,(H,22,23). The van der Waals surface area contributed by atoms with Crippen LogP contribution in [0, 0.1) is 17.1 Å². The highest BCUT2D eigenvalue weighted by Crippen LogP contribution is 2.29. The molecule has 4 nitrogen and oxygen atoms in total. The predicted molar refractivity (Wildman–Crippen MR) is 86.8 cm³/mol. The van der Waals surface area contributed by atoms with Gasteiger partial charge in [-0.05, 0) is 47.9 Å². The second-order valence-corrected chi connectivity index (χ2v) is 5.79. The van der Waals surface area contributed by atoms with Crippen molar-refractivity contribution in [1.29, 1.82) is 5.26 Å². The van der Waals surface area contributed by atoms with Crippen molar-refractivity contribution < 1.29 is 9.18 Å². The van der Waals surface area contributed by atoms with Gasteiger partial charge in [0.15, 0.2) is 0 Å². The minimum Gasteiger partial charge on any atom is -0.379 e. The molecule has 0 saturated heterocycles. The maximum atomic E-state index is 14.1. The third-order valence-electron chi connectivity index (χ3n) is 3.66. The number of carbonyl (C=O) groups is 1. The Morgan fingerprint density at radius 3 is 2.87 bits per heavy atom. The lowest BCUT2D eigenvalue weighted by Gasteiger charge is -2.19. The second-order valence-electron chi connectivity index (χ2n) is 5.35. The van der Waals surface area contributed by atoms with Crippen LogP contribution >= 0.6 is 11.6 Å². The van der Waals surface area contributed by atoms with E-state index in [0.29, 0.717) is 41.3 Å². The van der Waals surface area contributed by atoms with Crippen molar-refractivity contribution in [2.45, 2.75) is 19.4 Å². The van der Waals surface area contributed by atoms with Crippen molar-refractivity contribution in [2.24, 2.45) is 0 Å². The molecular weight excluding hydrogens is 317 g/mol. The van der Waals surface area contributed by atoms with Gasteiger partial charge < -0.3 is 10.6 Å². The van der Waals surface area contributed by atoms with Crippen molar-refractivity contribution in [2.75, 3.05) is 10.6 Å². The maximum absolute atomic E-state index is 14.1. The minimum atomic E-state index is -0.437. The molecule has 0 bridgehead atoms. The molecule has 1 aliphatic rings. The van der Waals surface area contributed by atoms with Gasteiger partial charge in [0.25, 0.3) is 0 Å². The lowest BCUT2D eigenvalue weighted by Crippen LogP contribution is -2.19. The van der Waals surface area contributed by atoms with Gasteiger partial charge >= 0.3 is 0 Å². The summed E-state index contributed by atoms with van der Waals surface area (Å²) in [6.45, 7) is 0.345. The summed E-state index contributed by atoms with van der Waals surface area (Å²) < 4.78 is 14.1. The summed E-state index contributed by atoms with van der Waals surface area (Å²) >= 11 is 5.96. The number of hydrogen-bond donors (Lipinski definition) is 2. The minimum absolute atomic E-state index is 0.0967. The summed E-state index contributed by atoms with van der Waals surface area (Å²) in [7, 11) is 0. The first-order valence-electron chi connectivity index (χ1n) is 7.11. The van der Waals surface area contributed by atoms with E-state index in [9.17, 15) is 9.18 Å². The molecule has 2 aromatic carbocycles. The Bertz CT molecular complexity index is 829. The van der Waals surface area contributed by atoms with Gasteiger partial charge in [0, 0.05) is 23.7 Å². The van der Waals surface area contributed by atoms with Gasteiger partial charge in [-0.25, -0.2) is 4.39 Å². The lowest BCUT2D eigenvalue weighted by atomic mass is 10.0. The molecule has 0 radical (unpaired) electrons. The van der Waals surface area contributed by atoms with Crippen LogP contribution in [0.5, 0.6) is 0 Å². The number of nitrogens with zero attached hydrogens (tertiary/aromatic N) is 1. The first kappa shape index (κ1) is 15.3. The molecule has 6 heteroatoms. The first-order chi connectivity index (χ1) is 11.0. The molecule has 3 rings (SSSR count). The number of nitriles is 1. The van der Waals surface area contributed by atoms with Gasteiger partial charge in [-0.15, -0.1) is 0 Å². The van der Waals surface area contributed by atoms with Crippen molar-refractivity contribution in [3.8, 4) is 6.07 Å².